The highest BCUT2D eigenvalue weighted by molar-refractivity contribution is 5.75. The van der Waals surface area contributed by atoms with E-state index in [9.17, 15) is 0 Å². The summed E-state index contributed by atoms with van der Waals surface area (Å²) in [4.78, 5) is 10.2. The zero-order chi connectivity index (χ0) is 15.5. The normalized spacial score (nSPS) is 11.6. The Hall–Kier alpha value is -2.14. The third kappa shape index (κ3) is 3.36. The Morgan fingerprint density at radius 3 is 2.91 bits per heavy atom. The van der Waals surface area contributed by atoms with Crippen molar-refractivity contribution in [2.24, 2.45) is 0 Å². The molecule has 0 atom stereocenters. The number of aromatic amines is 1. The molecular weight excluding hydrogens is 276 g/mol. The average Bonchev–Trinajstić information content (AvgIpc) is 3.10. The highest BCUT2D eigenvalue weighted by Gasteiger charge is 2.08. The van der Waals surface area contributed by atoms with Crippen molar-refractivity contribution in [2.45, 2.75) is 33.2 Å². The van der Waals surface area contributed by atoms with E-state index in [0.717, 1.165) is 54.2 Å². The molecule has 0 fully saturated rings. The van der Waals surface area contributed by atoms with Gasteiger partial charge in [0, 0.05) is 19.0 Å². The van der Waals surface area contributed by atoms with E-state index in [2.05, 4.69) is 59.1 Å². The maximum Gasteiger partial charge on any atom is 0.150 e. The summed E-state index contributed by atoms with van der Waals surface area (Å²) in [6, 6.07) is 8.32. The van der Waals surface area contributed by atoms with Crippen LogP contribution in [-0.4, -0.2) is 33.6 Å². The van der Waals surface area contributed by atoms with Crippen LogP contribution in [0.1, 0.15) is 29.8 Å². The Balaban J connectivity index is 1.58. The summed E-state index contributed by atoms with van der Waals surface area (Å²) in [5.41, 5.74) is 4.40. The summed E-state index contributed by atoms with van der Waals surface area (Å²) >= 11 is 0. The average molecular weight is 298 g/mol. The van der Waals surface area contributed by atoms with Crippen LogP contribution in [0.15, 0.2) is 28.8 Å². The highest BCUT2D eigenvalue weighted by Crippen LogP contribution is 2.14. The second-order valence-corrected chi connectivity index (χ2v) is 5.83. The van der Waals surface area contributed by atoms with Crippen molar-refractivity contribution in [2.75, 3.05) is 13.6 Å². The third-order valence-corrected chi connectivity index (χ3v) is 3.81. The maximum absolute atomic E-state index is 5.32. The standard InChI is InChI=1S/C17H22N4O/c1-4-13-10-14(22-20-13)11-21(3)8-7-17-18-15-6-5-12(2)9-16(15)19-17/h5-6,9-10H,4,7-8,11H2,1-3H3,(H,18,19). The second-order valence-electron chi connectivity index (χ2n) is 5.83. The van der Waals surface area contributed by atoms with Crippen molar-refractivity contribution in [3.8, 4) is 0 Å². The van der Waals surface area contributed by atoms with Crippen LogP contribution in [-0.2, 0) is 19.4 Å². The lowest BCUT2D eigenvalue weighted by Gasteiger charge is -2.13. The first-order chi connectivity index (χ1) is 10.6. The van der Waals surface area contributed by atoms with Crippen LogP contribution in [0, 0.1) is 6.92 Å². The van der Waals surface area contributed by atoms with Crippen molar-refractivity contribution >= 4 is 11.0 Å². The zero-order valence-electron chi connectivity index (χ0n) is 13.4. The van der Waals surface area contributed by atoms with Gasteiger partial charge < -0.3 is 9.51 Å². The lowest BCUT2D eigenvalue weighted by Crippen LogP contribution is -2.20. The van der Waals surface area contributed by atoms with Gasteiger partial charge in [0.15, 0.2) is 5.76 Å². The van der Waals surface area contributed by atoms with Gasteiger partial charge in [0.1, 0.15) is 5.82 Å². The Kier molecular flexibility index (Phi) is 4.24. The first-order valence-electron chi connectivity index (χ1n) is 7.72. The van der Waals surface area contributed by atoms with Crippen LogP contribution in [0.4, 0.5) is 0 Å². The molecule has 0 saturated carbocycles. The number of likely N-dealkylation sites (N-methyl/N-ethyl adjacent to an activating group) is 1. The van der Waals surface area contributed by atoms with E-state index in [-0.39, 0.29) is 0 Å². The van der Waals surface area contributed by atoms with Crippen molar-refractivity contribution in [1.29, 1.82) is 0 Å². The van der Waals surface area contributed by atoms with Gasteiger partial charge in [-0.3, -0.25) is 4.90 Å². The summed E-state index contributed by atoms with van der Waals surface area (Å²) in [5, 5.41) is 4.02. The van der Waals surface area contributed by atoms with E-state index in [1.165, 1.54) is 5.56 Å². The van der Waals surface area contributed by atoms with Gasteiger partial charge in [0.2, 0.25) is 0 Å². The predicted octanol–water partition coefficient (Wildman–Crippen LogP) is 3.10. The molecule has 0 spiro atoms. The van der Waals surface area contributed by atoms with E-state index < -0.39 is 0 Å². The molecule has 0 aliphatic heterocycles. The van der Waals surface area contributed by atoms with E-state index in [0.29, 0.717) is 0 Å². The van der Waals surface area contributed by atoms with Gasteiger partial charge >= 0.3 is 0 Å². The van der Waals surface area contributed by atoms with Gasteiger partial charge in [-0.2, -0.15) is 0 Å². The summed E-state index contributed by atoms with van der Waals surface area (Å²) in [7, 11) is 2.08. The minimum Gasteiger partial charge on any atom is -0.360 e. The molecule has 0 radical (unpaired) electrons. The molecule has 3 rings (SSSR count). The molecule has 1 aromatic carbocycles. The van der Waals surface area contributed by atoms with E-state index in [1.54, 1.807) is 0 Å². The topological polar surface area (TPSA) is 58.0 Å². The van der Waals surface area contributed by atoms with Crippen LogP contribution in [0.3, 0.4) is 0 Å². The molecular formula is C17H22N4O. The van der Waals surface area contributed by atoms with Gasteiger partial charge in [-0.1, -0.05) is 18.1 Å². The number of aryl methyl sites for hydroxylation is 2. The molecule has 22 heavy (non-hydrogen) atoms. The largest absolute Gasteiger partial charge is 0.360 e. The van der Waals surface area contributed by atoms with Crippen molar-refractivity contribution in [1.82, 2.24) is 20.0 Å². The number of hydrogen-bond donors (Lipinski definition) is 1. The predicted molar refractivity (Wildman–Crippen MR) is 86.7 cm³/mol. The Labute approximate surface area is 130 Å². The molecule has 0 bridgehead atoms. The summed E-state index contributed by atoms with van der Waals surface area (Å²) in [5.74, 6) is 1.94. The number of rotatable bonds is 6. The van der Waals surface area contributed by atoms with Gasteiger partial charge in [-0.25, -0.2) is 4.98 Å². The number of nitrogens with one attached hydrogen (secondary N) is 1. The van der Waals surface area contributed by atoms with E-state index in [4.69, 9.17) is 4.52 Å². The fraction of sp³-hybridized carbons (Fsp3) is 0.412. The fourth-order valence-electron chi connectivity index (χ4n) is 2.53. The first-order valence-corrected chi connectivity index (χ1v) is 7.72. The third-order valence-electron chi connectivity index (χ3n) is 3.81. The SMILES string of the molecule is CCc1cc(CN(C)CCc2nc3ccc(C)cc3[nH]2)on1. The summed E-state index contributed by atoms with van der Waals surface area (Å²) in [6.07, 6.45) is 1.80. The minimum atomic E-state index is 0.770. The lowest BCUT2D eigenvalue weighted by atomic mass is 10.2. The van der Waals surface area contributed by atoms with Gasteiger partial charge in [-0.05, 0) is 38.1 Å². The van der Waals surface area contributed by atoms with Crippen LogP contribution in [0.25, 0.3) is 11.0 Å². The summed E-state index contributed by atoms with van der Waals surface area (Å²) in [6.45, 7) is 5.86. The molecule has 0 aliphatic rings. The number of H-pyrrole nitrogens is 1. The van der Waals surface area contributed by atoms with Gasteiger partial charge in [-0.15, -0.1) is 0 Å². The van der Waals surface area contributed by atoms with Crippen LogP contribution in [0.2, 0.25) is 0 Å². The zero-order valence-corrected chi connectivity index (χ0v) is 13.4. The Morgan fingerprint density at radius 2 is 2.14 bits per heavy atom. The number of hydrogen-bond acceptors (Lipinski definition) is 4. The quantitative estimate of drug-likeness (QED) is 0.759. The van der Waals surface area contributed by atoms with E-state index in [1.807, 2.05) is 6.07 Å². The Morgan fingerprint density at radius 1 is 1.27 bits per heavy atom. The molecule has 5 nitrogen and oxygen atoms in total. The smallest absolute Gasteiger partial charge is 0.150 e. The van der Waals surface area contributed by atoms with Crippen molar-refractivity contribution < 1.29 is 4.52 Å². The molecule has 2 aromatic heterocycles. The van der Waals surface area contributed by atoms with Gasteiger partial charge in [0.25, 0.3) is 0 Å². The molecule has 1 N–H and O–H groups in total. The monoisotopic (exact) mass is 298 g/mol. The minimum absolute atomic E-state index is 0.770. The number of nitrogens with zero attached hydrogens (tertiary/aromatic N) is 3. The maximum atomic E-state index is 5.32. The number of aromatic nitrogens is 3. The van der Waals surface area contributed by atoms with E-state index >= 15 is 0 Å². The molecule has 0 saturated heterocycles. The van der Waals surface area contributed by atoms with Crippen molar-refractivity contribution in [3.05, 3.63) is 47.1 Å². The number of benzene rings is 1. The molecule has 116 valence electrons. The highest BCUT2D eigenvalue weighted by atomic mass is 16.5. The molecule has 3 aromatic rings. The van der Waals surface area contributed by atoms with Crippen LogP contribution < -0.4 is 0 Å². The first kappa shape index (κ1) is 14.8. The fourth-order valence-corrected chi connectivity index (χ4v) is 2.53. The number of fused-ring (bicyclic) bond motifs is 1. The number of imidazole rings is 1. The molecule has 2 heterocycles. The van der Waals surface area contributed by atoms with Crippen LogP contribution in [0.5, 0.6) is 0 Å². The lowest BCUT2D eigenvalue weighted by molar-refractivity contribution is 0.273. The van der Waals surface area contributed by atoms with Crippen molar-refractivity contribution in [3.63, 3.8) is 0 Å². The van der Waals surface area contributed by atoms with Gasteiger partial charge in [0.05, 0.1) is 23.3 Å². The summed E-state index contributed by atoms with van der Waals surface area (Å²) < 4.78 is 5.32. The molecule has 0 amide bonds. The molecule has 5 heteroatoms. The molecule has 0 aliphatic carbocycles. The second kappa shape index (κ2) is 6.32. The molecule has 0 unspecified atom stereocenters. The van der Waals surface area contributed by atoms with Crippen LogP contribution >= 0.6 is 0 Å². The Bertz CT molecular complexity index is 759.